The summed E-state index contributed by atoms with van der Waals surface area (Å²) in [4.78, 5) is 11.6. The van der Waals surface area contributed by atoms with E-state index in [1.165, 1.54) is 6.07 Å². The van der Waals surface area contributed by atoms with Gasteiger partial charge in [-0.05, 0) is 216 Å². The van der Waals surface area contributed by atoms with Crippen molar-refractivity contribution in [1.82, 2.24) is 0 Å². The molecule has 0 saturated carbocycles. The molecule has 10 aromatic rings. The van der Waals surface area contributed by atoms with Gasteiger partial charge in [0, 0.05) is 71.2 Å². The van der Waals surface area contributed by atoms with Crippen molar-refractivity contribution in [1.29, 1.82) is 10.5 Å². The number of carboxylic acids is 1. The van der Waals surface area contributed by atoms with Crippen molar-refractivity contribution in [3.8, 4) is 110 Å². The number of rotatable bonds is 37. The molecular formula is C93H102N2O14S3. The van der Waals surface area contributed by atoms with E-state index >= 15 is 0 Å². The van der Waals surface area contributed by atoms with Gasteiger partial charge in [-0.2, -0.15) is 45.4 Å². The molecule has 16 nitrogen and oxygen atoms in total. The highest BCUT2D eigenvalue weighted by Crippen LogP contribution is 2.44. The molecular weight excluding hydrogens is 1470 g/mol. The van der Waals surface area contributed by atoms with Crippen LogP contribution in [0.25, 0.3) is 11.1 Å². The van der Waals surface area contributed by atoms with Crippen LogP contribution < -0.4 is 42.6 Å². The van der Waals surface area contributed by atoms with Gasteiger partial charge in [0.25, 0.3) is 0 Å². The fraction of sp³-hybridized carbons (Fsp3) is 0.344. The number of aromatic hydroxyl groups is 3. The summed E-state index contributed by atoms with van der Waals surface area (Å²) in [5.41, 5.74) is 11.3. The summed E-state index contributed by atoms with van der Waals surface area (Å²) in [6, 6.07) is 56.2. The molecule has 2 fully saturated rings. The Bertz CT molecular complexity index is 4770. The number of hydrogen-bond acceptors (Lipinski definition) is 18. The van der Waals surface area contributed by atoms with Gasteiger partial charge in [0.05, 0.1) is 50.8 Å². The molecule has 19 heteroatoms. The molecule has 9 aromatic carbocycles. The van der Waals surface area contributed by atoms with E-state index in [0.717, 1.165) is 178 Å². The quantitative estimate of drug-likeness (QED) is 0.0265. The number of aryl methyl sites for hydroxylation is 3. The fourth-order valence-corrected chi connectivity index (χ4v) is 16.6. The molecule has 2 unspecified atom stereocenters. The zero-order chi connectivity index (χ0) is 79.0. The Morgan fingerprint density at radius 2 is 0.777 bits per heavy atom. The van der Waals surface area contributed by atoms with Crippen molar-refractivity contribution in [2.45, 2.75) is 143 Å². The molecule has 1 aromatic heterocycles. The number of benzene rings is 9. The van der Waals surface area contributed by atoms with Crippen LogP contribution in [0.3, 0.4) is 0 Å². The molecule has 12 rings (SSSR count). The highest BCUT2D eigenvalue weighted by molar-refractivity contribution is 7.99. The standard InChI is InChI=1S/C31H35NO4S.C31H31NO4S.C31H36O6S/c2*1-3-9-25-29(12-7-13-30(25)36-28-11-6-5-10-23(28)20-32)34-15-8-16-35-31-19-27(33)26(18-22(31)4-2)24-14-17-37-21-24;1-3-9-23-27(12-7-13-28(23)37-29-11-6-5-10-24(29)31(33)34)35-15-8-16-36-30-19-26(32)25(18-21(30)4-2)22-14-17-38-20-22/h5-7,10-13,18-19,24,33H,3-4,8-9,14-17,21H2,1-2H3;5-7,10-14,17-19,21,33H,3-4,8-9,15-16H2,1-2H3;5-7,10-13,18-19,22,32H,3-4,8-9,14-17,20H2,1-2H3,(H,33,34). The number of phenolic OH excluding ortho intramolecular Hbond substituents is 3. The van der Waals surface area contributed by atoms with E-state index in [1.54, 1.807) is 72.0 Å². The van der Waals surface area contributed by atoms with E-state index < -0.39 is 5.97 Å². The van der Waals surface area contributed by atoms with E-state index in [9.17, 15) is 35.7 Å². The number of aromatic carboxylic acids is 1. The summed E-state index contributed by atoms with van der Waals surface area (Å²) >= 11 is 5.50. The summed E-state index contributed by atoms with van der Waals surface area (Å²) in [6.45, 7) is 15.5. The summed E-state index contributed by atoms with van der Waals surface area (Å²) in [5, 5.41) is 64.1. The van der Waals surface area contributed by atoms with Gasteiger partial charge >= 0.3 is 5.97 Å². The maximum absolute atomic E-state index is 11.6. The van der Waals surface area contributed by atoms with Crippen LogP contribution >= 0.6 is 34.9 Å². The Balaban J connectivity index is 0.000000178. The zero-order valence-electron chi connectivity index (χ0n) is 64.9. The van der Waals surface area contributed by atoms with Gasteiger partial charge in [-0.15, -0.1) is 0 Å². The molecule has 0 spiro atoms. The minimum atomic E-state index is -1.03. The number of carbonyl (C=O) groups is 1. The largest absolute Gasteiger partial charge is 0.508 e. The predicted molar refractivity (Wildman–Crippen MR) is 449 cm³/mol. The third-order valence-electron chi connectivity index (χ3n) is 19.3. The molecule has 4 N–H and O–H groups in total. The van der Waals surface area contributed by atoms with Gasteiger partial charge in [0.1, 0.15) is 104 Å². The summed E-state index contributed by atoms with van der Waals surface area (Å²) in [5.74, 6) is 13.0. The van der Waals surface area contributed by atoms with Crippen molar-refractivity contribution in [3.05, 3.63) is 242 Å². The van der Waals surface area contributed by atoms with Crippen molar-refractivity contribution >= 4 is 40.8 Å². The minimum Gasteiger partial charge on any atom is -0.508 e. The molecule has 0 aliphatic carbocycles. The van der Waals surface area contributed by atoms with Crippen molar-refractivity contribution in [2.24, 2.45) is 0 Å². The number of nitriles is 2. The molecule has 0 bridgehead atoms. The first-order chi connectivity index (χ1) is 54.8. The van der Waals surface area contributed by atoms with Gasteiger partial charge in [0.2, 0.25) is 0 Å². The maximum atomic E-state index is 11.6. The second-order valence-corrected chi connectivity index (χ2v) is 30.2. The highest BCUT2D eigenvalue weighted by atomic mass is 32.2. The van der Waals surface area contributed by atoms with Crippen LogP contribution in [0.5, 0.6) is 86.2 Å². The van der Waals surface area contributed by atoms with Crippen LogP contribution in [-0.4, -0.2) is 89.0 Å². The van der Waals surface area contributed by atoms with Gasteiger partial charge in [-0.1, -0.05) is 115 Å². The molecule has 2 aliphatic rings. The first kappa shape index (κ1) is 83.9. The number of carboxylic acid groups (broad SMARTS) is 1. The number of nitrogens with zero attached hydrogens (tertiary/aromatic N) is 2. The highest BCUT2D eigenvalue weighted by Gasteiger charge is 2.26. The van der Waals surface area contributed by atoms with E-state index in [-0.39, 0.29) is 11.3 Å². The van der Waals surface area contributed by atoms with Gasteiger partial charge in [0.15, 0.2) is 0 Å². The average molecular weight is 1570 g/mol. The maximum Gasteiger partial charge on any atom is 0.339 e. The number of thiophene rings is 1. The van der Waals surface area contributed by atoms with Crippen LogP contribution in [0.15, 0.2) is 181 Å². The predicted octanol–water partition coefficient (Wildman–Crippen LogP) is 23.3. The van der Waals surface area contributed by atoms with Crippen LogP contribution in [0.1, 0.15) is 171 Å². The second-order valence-electron chi connectivity index (χ2n) is 27.1. The molecule has 2 atom stereocenters. The molecule has 3 heterocycles. The monoisotopic (exact) mass is 1570 g/mol. The summed E-state index contributed by atoms with van der Waals surface area (Å²) in [6.07, 6.45) is 11.9. The molecule has 586 valence electrons. The Labute approximate surface area is 672 Å². The van der Waals surface area contributed by atoms with Gasteiger partial charge < -0.3 is 63.1 Å². The second kappa shape index (κ2) is 43.9. The van der Waals surface area contributed by atoms with Crippen molar-refractivity contribution < 1.29 is 67.9 Å². The number of para-hydroxylation sites is 3. The van der Waals surface area contributed by atoms with Crippen LogP contribution in [0.4, 0.5) is 0 Å². The lowest BCUT2D eigenvalue weighted by Gasteiger charge is -2.18. The molecule has 2 aliphatic heterocycles. The van der Waals surface area contributed by atoms with Crippen molar-refractivity contribution in [3.63, 3.8) is 0 Å². The Morgan fingerprint density at radius 1 is 0.420 bits per heavy atom. The van der Waals surface area contributed by atoms with E-state index in [4.69, 9.17) is 42.6 Å². The van der Waals surface area contributed by atoms with E-state index in [0.29, 0.717) is 134 Å². The van der Waals surface area contributed by atoms with Crippen molar-refractivity contribution in [2.75, 3.05) is 62.7 Å². The molecule has 0 amide bonds. The first-order valence-corrected chi connectivity index (χ1v) is 42.3. The number of hydrogen-bond donors (Lipinski definition) is 4. The summed E-state index contributed by atoms with van der Waals surface area (Å²) in [7, 11) is 0. The minimum absolute atomic E-state index is 0.117. The Morgan fingerprint density at radius 3 is 1.14 bits per heavy atom. The zero-order valence-corrected chi connectivity index (χ0v) is 67.4. The van der Waals surface area contributed by atoms with Crippen LogP contribution in [0.2, 0.25) is 0 Å². The van der Waals surface area contributed by atoms with Crippen LogP contribution in [0, 0.1) is 22.7 Å². The first-order valence-electron chi connectivity index (χ1n) is 39.0. The number of phenols is 3. The molecule has 2 saturated heterocycles. The topological polar surface area (TPSA) is 229 Å². The third kappa shape index (κ3) is 23.1. The van der Waals surface area contributed by atoms with Gasteiger partial charge in [-0.3, -0.25) is 0 Å². The lowest BCUT2D eigenvalue weighted by Crippen LogP contribution is -2.08. The molecule has 0 radical (unpaired) electrons. The Hall–Kier alpha value is -10.6. The number of ether oxygens (including phenoxy) is 9. The SMILES string of the molecule is CCCc1c(OCCCOc2cc(O)c(-c3ccsc3)cc2CC)cccc1Oc1ccccc1C#N.CCCc1c(OCCCOc2cc(O)c(C3CCSC3)cc2CC)cccc1Oc1ccccc1C#N.CCCc1c(OCCCOc2cc(O)c(C3CCSC3)cc2CC)cccc1Oc1ccccc1C(=O)O. The van der Waals surface area contributed by atoms with E-state index in [2.05, 4.69) is 65.8 Å². The smallest absolute Gasteiger partial charge is 0.339 e. The van der Waals surface area contributed by atoms with E-state index in [1.807, 2.05) is 125 Å². The average Bonchev–Trinajstić information content (AvgIpc) is 1.06. The lowest BCUT2D eigenvalue weighted by atomic mass is 9.94. The fourth-order valence-electron chi connectivity index (χ4n) is 13.4. The summed E-state index contributed by atoms with van der Waals surface area (Å²) < 4.78 is 54.9. The Kier molecular flexibility index (Phi) is 32.9. The van der Waals surface area contributed by atoms with Gasteiger partial charge in [-0.25, -0.2) is 4.79 Å². The number of thioether (sulfide) groups is 2. The third-order valence-corrected chi connectivity index (χ3v) is 22.3. The van der Waals surface area contributed by atoms with Crippen LogP contribution in [-0.2, 0) is 38.5 Å². The normalized spacial score (nSPS) is 13.4. The lowest BCUT2D eigenvalue weighted by molar-refractivity contribution is 0.0694. The molecule has 112 heavy (non-hydrogen) atoms.